The van der Waals surface area contributed by atoms with Gasteiger partial charge in [0.2, 0.25) is 0 Å². The van der Waals surface area contributed by atoms with Gasteiger partial charge in [0.25, 0.3) is 10.1 Å². The van der Waals surface area contributed by atoms with Gasteiger partial charge in [0.05, 0.1) is 26.0 Å². The molecule has 0 bridgehead atoms. The lowest BCUT2D eigenvalue weighted by molar-refractivity contribution is -0.0400. The van der Waals surface area contributed by atoms with Crippen LogP contribution in [0.15, 0.2) is 0 Å². The van der Waals surface area contributed by atoms with E-state index in [4.69, 9.17) is 9.84 Å². The second kappa shape index (κ2) is 4.77. The lowest BCUT2D eigenvalue weighted by atomic mass is 10.3. The lowest BCUT2D eigenvalue weighted by Crippen LogP contribution is -2.46. The number of carbonyl (C=O) groups is 1. The highest BCUT2D eigenvalue weighted by Gasteiger charge is 2.24. The van der Waals surface area contributed by atoms with Gasteiger partial charge in [0, 0.05) is 6.54 Å². The highest BCUT2D eigenvalue weighted by Crippen LogP contribution is 2.06. The summed E-state index contributed by atoms with van der Waals surface area (Å²) in [6.45, 7) is 0.530. The molecule has 1 fully saturated rings. The average Bonchev–Trinajstić information content (AvgIpc) is 2.14. The number of ether oxygens (including phenoxy) is 1. The van der Waals surface area contributed by atoms with E-state index in [0.717, 1.165) is 6.26 Å². The maximum Gasteiger partial charge on any atom is 0.407 e. The van der Waals surface area contributed by atoms with E-state index in [1.165, 1.54) is 4.90 Å². The average molecular weight is 239 g/mol. The minimum Gasteiger partial charge on any atom is -0.465 e. The third-order valence-corrected chi connectivity index (χ3v) is 2.44. The molecule has 0 unspecified atom stereocenters. The summed E-state index contributed by atoms with van der Waals surface area (Å²) in [6.07, 6.45) is -0.627. The molecule has 8 heteroatoms. The van der Waals surface area contributed by atoms with E-state index in [-0.39, 0.29) is 19.8 Å². The van der Waals surface area contributed by atoms with Crippen LogP contribution in [0.25, 0.3) is 0 Å². The van der Waals surface area contributed by atoms with Crippen LogP contribution in [0.4, 0.5) is 4.79 Å². The van der Waals surface area contributed by atoms with Gasteiger partial charge in [-0.2, -0.15) is 8.42 Å². The zero-order valence-corrected chi connectivity index (χ0v) is 9.07. The molecule has 1 heterocycles. The molecule has 0 spiro atoms. The molecule has 15 heavy (non-hydrogen) atoms. The van der Waals surface area contributed by atoms with Crippen LogP contribution in [0.2, 0.25) is 0 Å². The normalized spacial score (nSPS) is 22.7. The second-order valence-corrected chi connectivity index (χ2v) is 4.85. The molecular weight excluding hydrogens is 226 g/mol. The summed E-state index contributed by atoms with van der Waals surface area (Å²) in [5.41, 5.74) is 0. The molecule has 0 aromatic carbocycles. The minimum absolute atomic E-state index is 0.130. The van der Waals surface area contributed by atoms with E-state index >= 15 is 0 Å². The lowest BCUT2D eigenvalue weighted by Gasteiger charge is -2.30. The maximum absolute atomic E-state index is 10.7. The van der Waals surface area contributed by atoms with Crippen LogP contribution in [-0.2, 0) is 19.0 Å². The van der Waals surface area contributed by atoms with Gasteiger partial charge in [-0.05, 0) is 0 Å². The molecule has 0 aromatic heterocycles. The molecule has 1 rings (SSSR count). The monoisotopic (exact) mass is 239 g/mol. The van der Waals surface area contributed by atoms with E-state index in [2.05, 4.69) is 4.18 Å². The Bertz CT molecular complexity index is 326. The Balaban J connectivity index is 2.40. The number of hydrogen-bond donors (Lipinski definition) is 1. The summed E-state index contributed by atoms with van der Waals surface area (Å²) in [5.74, 6) is 0. The Kier molecular flexibility index (Phi) is 3.89. The van der Waals surface area contributed by atoms with Crippen LogP contribution in [0.3, 0.4) is 0 Å². The molecule has 1 aliphatic heterocycles. The summed E-state index contributed by atoms with van der Waals surface area (Å²) in [7, 11) is -3.51. The van der Waals surface area contributed by atoms with Gasteiger partial charge in [0.15, 0.2) is 0 Å². The van der Waals surface area contributed by atoms with Crippen molar-refractivity contribution in [2.45, 2.75) is 6.10 Å². The fraction of sp³-hybridized carbons (Fsp3) is 0.857. The minimum atomic E-state index is -3.51. The predicted octanol–water partition coefficient (Wildman–Crippen LogP) is -0.659. The van der Waals surface area contributed by atoms with Crippen molar-refractivity contribution >= 4 is 16.2 Å². The third kappa shape index (κ3) is 4.45. The van der Waals surface area contributed by atoms with Crippen molar-refractivity contribution in [3.63, 3.8) is 0 Å². The Morgan fingerprint density at radius 3 is 2.87 bits per heavy atom. The molecule has 0 radical (unpaired) electrons. The van der Waals surface area contributed by atoms with Crippen molar-refractivity contribution in [3.05, 3.63) is 0 Å². The van der Waals surface area contributed by atoms with Crippen LogP contribution in [0.5, 0.6) is 0 Å². The Morgan fingerprint density at radius 1 is 1.67 bits per heavy atom. The molecule has 0 saturated carbocycles. The first-order valence-electron chi connectivity index (χ1n) is 4.32. The summed E-state index contributed by atoms with van der Waals surface area (Å²) < 4.78 is 31.0. The number of nitrogens with zero attached hydrogens (tertiary/aromatic N) is 1. The Labute approximate surface area is 87.7 Å². The first-order chi connectivity index (χ1) is 6.88. The number of morpholine rings is 1. The number of rotatable bonds is 3. The largest absolute Gasteiger partial charge is 0.465 e. The van der Waals surface area contributed by atoms with E-state index in [1.807, 2.05) is 0 Å². The van der Waals surface area contributed by atoms with Gasteiger partial charge in [-0.15, -0.1) is 0 Å². The molecule has 1 saturated heterocycles. The van der Waals surface area contributed by atoms with Gasteiger partial charge in [-0.25, -0.2) is 4.79 Å². The number of carboxylic acid groups (broad SMARTS) is 1. The summed E-state index contributed by atoms with van der Waals surface area (Å²) >= 11 is 0. The van der Waals surface area contributed by atoms with Crippen LogP contribution < -0.4 is 0 Å². The number of hydrogen-bond acceptors (Lipinski definition) is 5. The molecule has 1 aliphatic rings. The molecule has 0 aromatic rings. The fourth-order valence-electron chi connectivity index (χ4n) is 1.19. The standard InChI is InChI=1S/C7H13NO6S/c1-15(11,12)14-5-6-4-8(7(9)10)2-3-13-6/h6H,2-5H2,1H3,(H,9,10)/t6-/m1/s1. The fourth-order valence-corrected chi connectivity index (χ4v) is 1.59. The number of amides is 1. The van der Waals surface area contributed by atoms with Gasteiger partial charge in [-0.3, -0.25) is 4.18 Å². The Morgan fingerprint density at radius 2 is 2.33 bits per heavy atom. The molecule has 1 atom stereocenters. The summed E-state index contributed by atoms with van der Waals surface area (Å²) in [5, 5.41) is 8.70. The smallest absolute Gasteiger partial charge is 0.407 e. The SMILES string of the molecule is CS(=O)(=O)OC[C@H]1CN(C(=O)O)CCO1. The molecule has 0 aliphatic carbocycles. The van der Waals surface area contributed by atoms with Gasteiger partial charge in [-0.1, -0.05) is 0 Å². The highest BCUT2D eigenvalue weighted by molar-refractivity contribution is 7.85. The Hall–Kier alpha value is -0.860. The van der Waals surface area contributed by atoms with Gasteiger partial charge in [0.1, 0.15) is 6.10 Å². The van der Waals surface area contributed by atoms with Crippen molar-refractivity contribution in [1.29, 1.82) is 0 Å². The van der Waals surface area contributed by atoms with E-state index in [0.29, 0.717) is 6.54 Å². The van der Waals surface area contributed by atoms with Crippen molar-refractivity contribution in [2.75, 3.05) is 32.6 Å². The van der Waals surface area contributed by atoms with E-state index < -0.39 is 22.3 Å². The van der Waals surface area contributed by atoms with Crippen molar-refractivity contribution in [2.24, 2.45) is 0 Å². The quantitative estimate of drug-likeness (QED) is 0.657. The van der Waals surface area contributed by atoms with E-state index in [1.54, 1.807) is 0 Å². The molecule has 1 N–H and O–H groups in total. The second-order valence-electron chi connectivity index (χ2n) is 3.21. The third-order valence-electron chi connectivity index (χ3n) is 1.88. The molecule has 7 nitrogen and oxygen atoms in total. The molecular formula is C7H13NO6S. The highest BCUT2D eigenvalue weighted by atomic mass is 32.2. The van der Waals surface area contributed by atoms with Crippen molar-refractivity contribution in [3.8, 4) is 0 Å². The topological polar surface area (TPSA) is 93.1 Å². The van der Waals surface area contributed by atoms with E-state index in [9.17, 15) is 13.2 Å². The molecule has 1 amide bonds. The van der Waals surface area contributed by atoms with Crippen LogP contribution in [0, 0.1) is 0 Å². The summed E-state index contributed by atoms with van der Waals surface area (Å²) in [6, 6.07) is 0. The van der Waals surface area contributed by atoms with Crippen molar-refractivity contribution < 1.29 is 27.2 Å². The zero-order chi connectivity index (χ0) is 11.5. The van der Waals surface area contributed by atoms with Crippen molar-refractivity contribution in [1.82, 2.24) is 4.90 Å². The first-order valence-corrected chi connectivity index (χ1v) is 6.14. The summed E-state index contributed by atoms with van der Waals surface area (Å²) in [4.78, 5) is 11.8. The predicted molar refractivity (Wildman–Crippen MR) is 50.1 cm³/mol. The first kappa shape index (κ1) is 12.2. The van der Waals surface area contributed by atoms with Crippen LogP contribution in [-0.4, -0.2) is 63.2 Å². The van der Waals surface area contributed by atoms with Crippen LogP contribution in [0.1, 0.15) is 0 Å². The maximum atomic E-state index is 10.7. The van der Waals surface area contributed by atoms with Crippen LogP contribution >= 0.6 is 0 Å². The zero-order valence-electron chi connectivity index (χ0n) is 8.25. The van der Waals surface area contributed by atoms with Gasteiger partial charge < -0.3 is 14.7 Å². The molecule has 88 valence electrons. The van der Waals surface area contributed by atoms with Gasteiger partial charge >= 0.3 is 6.09 Å².